The standard InChI is InChI=1S/C12H18FN3O2S/c13-12-5-4-11(8-10(12)9-14)15-19(17,18)16-6-2-1-3-7-16/h4-5,8,15H,1-3,6-7,9,14H2. The first-order valence-corrected chi connectivity index (χ1v) is 7.73. The fourth-order valence-electron chi connectivity index (χ4n) is 2.11. The van der Waals surface area contributed by atoms with Crippen LogP contribution in [0.3, 0.4) is 0 Å². The van der Waals surface area contributed by atoms with Gasteiger partial charge in [-0.05, 0) is 31.0 Å². The quantitative estimate of drug-likeness (QED) is 0.879. The molecule has 106 valence electrons. The molecule has 0 atom stereocenters. The lowest BCUT2D eigenvalue weighted by Crippen LogP contribution is -2.39. The molecule has 0 spiro atoms. The van der Waals surface area contributed by atoms with E-state index in [1.54, 1.807) is 0 Å². The molecule has 0 aromatic heterocycles. The predicted molar refractivity (Wildman–Crippen MR) is 72.3 cm³/mol. The fraction of sp³-hybridized carbons (Fsp3) is 0.500. The first-order valence-electron chi connectivity index (χ1n) is 6.29. The molecular formula is C12H18FN3O2S. The highest BCUT2D eigenvalue weighted by atomic mass is 32.2. The van der Waals surface area contributed by atoms with Crippen LogP contribution in [0.25, 0.3) is 0 Å². The topological polar surface area (TPSA) is 75.4 Å². The van der Waals surface area contributed by atoms with E-state index in [2.05, 4.69) is 4.72 Å². The zero-order valence-electron chi connectivity index (χ0n) is 10.6. The molecular weight excluding hydrogens is 269 g/mol. The average molecular weight is 287 g/mol. The summed E-state index contributed by atoms with van der Waals surface area (Å²) in [5.41, 5.74) is 6.03. The van der Waals surface area contributed by atoms with Gasteiger partial charge in [-0.1, -0.05) is 6.42 Å². The largest absolute Gasteiger partial charge is 0.326 e. The van der Waals surface area contributed by atoms with E-state index in [0.29, 0.717) is 24.3 Å². The Hall–Kier alpha value is -1.18. The van der Waals surface area contributed by atoms with E-state index in [9.17, 15) is 12.8 Å². The molecule has 0 saturated carbocycles. The first kappa shape index (κ1) is 14.2. The summed E-state index contributed by atoms with van der Waals surface area (Å²) in [5.74, 6) is -0.427. The molecule has 7 heteroatoms. The van der Waals surface area contributed by atoms with Gasteiger partial charge in [0.05, 0.1) is 5.69 Å². The van der Waals surface area contributed by atoms with Gasteiger partial charge in [-0.25, -0.2) is 4.39 Å². The van der Waals surface area contributed by atoms with Crippen molar-refractivity contribution in [3.05, 3.63) is 29.6 Å². The summed E-state index contributed by atoms with van der Waals surface area (Å²) < 4.78 is 41.4. The molecule has 1 aromatic rings. The molecule has 1 aliphatic heterocycles. The van der Waals surface area contributed by atoms with Crippen LogP contribution in [0.15, 0.2) is 18.2 Å². The van der Waals surface area contributed by atoms with Gasteiger partial charge in [-0.15, -0.1) is 0 Å². The third-order valence-corrected chi connectivity index (χ3v) is 4.71. The molecule has 0 radical (unpaired) electrons. The lowest BCUT2D eigenvalue weighted by Gasteiger charge is -2.26. The van der Waals surface area contributed by atoms with E-state index >= 15 is 0 Å². The van der Waals surface area contributed by atoms with Crippen molar-refractivity contribution >= 4 is 15.9 Å². The van der Waals surface area contributed by atoms with Crippen LogP contribution in [0, 0.1) is 5.82 Å². The molecule has 1 saturated heterocycles. The maximum Gasteiger partial charge on any atom is 0.301 e. The lowest BCUT2D eigenvalue weighted by atomic mass is 10.2. The summed E-state index contributed by atoms with van der Waals surface area (Å²) in [6.07, 6.45) is 2.80. The van der Waals surface area contributed by atoms with Gasteiger partial charge >= 0.3 is 10.2 Å². The molecule has 5 nitrogen and oxygen atoms in total. The van der Waals surface area contributed by atoms with Crippen LogP contribution < -0.4 is 10.5 Å². The van der Waals surface area contributed by atoms with Gasteiger partial charge in [0.25, 0.3) is 0 Å². The van der Waals surface area contributed by atoms with Crippen molar-refractivity contribution in [2.45, 2.75) is 25.8 Å². The van der Waals surface area contributed by atoms with E-state index < -0.39 is 16.0 Å². The summed E-state index contributed by atoms with van der Waals surface area (Å²) in [4.78, 5) is 0. The molecule has 0 amide bonds. The number of hydrogen-bond donors (Lipinski definition) is 2. The second kappa shape index (κ2) is 5.85. The molecule has 1 fully saturated rings. The number of nitrogens with two attached hydrogens (primary N) is 1. The van der Waals surface area contributed by atoms with Crippen molar-refractivity contribution in [3.8, 4) is 0 Å². The third kappa shape index (κ3) is 3.43. The highest BCUT2D eigenvalue weighted by Gasteiger charge is 2.23. The Kier molecular flexibility index (Phi) is 4.38. The Bertz CT molecular complexity index is 542. The van der Waals surface area contributed by atoms with Gasteiger partial charge in [0.15, 0.2) is 0 Å². The zero-order chi connectivity index (χ0) is 13.9. The maximum absolute atomic E-state index is 13.3. The highest BCUT2D eigenvalue weighted by molar-refractivity contribution is 7.90. The lowest BCUT2D eigenvalue weighted by molar-refractivity contribution is 0.349. The smallest absolute Gasteiger partial charge is 0.301 e. The number of halogens is 1. The minimum Gasteiger partial charge on any atom is -0.326 e. The van der Waals surface area contributed by atoms with Gasteiger partial charge in [-0.3, -0.25) is 4.72 Å². The Morgan fingerprint density at radius 2 is 1.95 bits per heavy atom. The fourth-order valence-corrected chi connectivity index (χ4v) is 3.41. The second-order valence-corrected chi connectivity index (χ2v) is 6.25. The minimum atomic E-state index is -3.55. The summed E-state index contributed by atoms with van der Waals surface area (Å²) >= 11 is 0. The van der Waals surface area contributed by atoms with Crippen LogP contribution in [-0.2, 0) is 16.8 Å². The van der Waals surface area contributed by atoms with E-state index in [4.69, 9.17) is 5.73 Å². The van der Waals surface area contributed by atoms with Crippen LogP contribution >= 0.6 is 0 Å². The molecule has 3 N–H and O–H groups in total. The van der Waals surface area contributed by atoms with Crippen LogP contribution in [0.4, 0.5) is 10.1 Å². The van der Waals surface area contributed by atoms with Gasteiger partial charge < -0.3 is 5.73 Å². The SMILES string of the molecule is NCc1cc(NS(=O)(=O)N2CCCCC2)ccc1F. The van der Waals surface area contributed by atoms with Crippen LogP contribution in [0.1, 0.15) is 24.8 Å². The van der Waals surface area contributed by atoms with Crippen LogP contribution in [0.2, 0.25) is 0 Å². The number of nitrogens with zero attached hydrogens (tertiary/aromatic N) is 1. The molecule has 0 unspecified atom stereocenters. The van der Waals surface area contributed by atoms with Gasteiger partial charge in [-0.2, -0.15) is 12.7 Å². The average Bonchev–Trinajstić information content (AvgIpc) is 2.42. The molecule has 0 bridgehead atoms. The third-order valence-electron chi connectivity index (χ3n) is 3.17. The second-order valence-electron chi connectivity index (χ2n) is 4.58. The molecule has 1 aliphatic rings. The van der Waals surface area contributed by atoms with Crippen molar-refractivity contribution in [2.75, 3.05) is 17.8 Å². The zero-order valence-corrected chi connectivity index (χ0v) is 11.4. The maximum atomic E-state index is 13.3. The van der Waals surface area contributed by atoms with Gasteiger partial charge in [0.2, 0.25) is 0 Å². The van der Waals surface area contributed by atoms with Gasteiger partial charge in [0.1, 0.15) is 5.82 Å². The summed E-state index contributed by atoms with van der Waals surface area (Å²) in [5, 5.41) is 0. The van der Waals surface area contributed by atoms with Crippen LogP contribution in [-0.4, -0.2) is 25.8 Å². The van der Waals surface area contributed by atoms with E-state index in [0.717, 1.165) is 19.3 Å². The van der Waals surface area contributed by atoms with Crippen molar-refractivity contribution in [2.24, 2.45) is 5.73 Å². The van der Waals surface area contributed by atoms with E-state index in [-0.39, 0.29) is 6.54 Å². The monoisotopic (exact) mass is 287 g/mol. The normalized spacial score (nSPS) is 17.4. The summed E-state index contributed by atoms with van der Waals surface area (Å²) in [7, 11) is -3.55. The first-order chi connectivity index (χ1) is 9.03. The Morgan fingerprint density at radius 1 is 1.26 bits per heavy atom. The number of rotatable bonds is 4. The van der Waals surface area contributed by atoms with Crippen molar-refractivity contribution in [1.29, 1.82) is 0 Å². The number of hydrogen-bond acceptors (Lipinski definition) is 3. The predicted octanol–water partition coefficient (Wildman–Crippen LogP) is 1.43. The van der Waals surface area contributed by atoms with E-state index in [1.165, 1.54) is 22.5 Å². The molecule has 1 heterocycles. The van der Waals surface area contributed by atoms with Crippen molar-refractivity contribution in [3.63, 3.8) is 0 Å². The number of nitrogens with one attached hydrogen (secondary N) is 1. The van der Waals surface area contributed by atoms with Crippen molar-refractivity contribution < 1.29 is 12.8 Å². The Balaban J connectivity index is 2.15. The van der Waals surface area contributed by atoms with Crippen molar-refractivity contribution in [1.82, 2.24) is 4.31 Å². The van der Waals surface area contributed by atoms with Gasteiger partial charge in [0, 0.05) is 25.2 Å². The molecule has 0 aliphatic carbocycles. The highest BCUT2D eigenvalue weighted by Crippen LogP contribution is 2.19. The Morgan fingerprint density at radius 3 is 2.58 bits per heavy atom. The summed E-state index contributed by atoms with van der Waals surface area (Å²) in [6.45, 7) is 1.09. The summed E-state index contributed by atoms with van der Waals surface area (Å²) in [6, 6.07) is 4.04. The number of benzene rings is 1. The molecule has 19 heavy (non-hydrogen) atoms. The van der Waals surface area contributed by atoms with Crippen LogP contribution in [0.5, 0.6) is 0 Å². The minimum absolute atomic E-state index is 0.0329. The molecule has 2 rings (SSSR count). The molecule has 1 aromatic carbocycles. The number of piperidine rings is 1. The number of anilines is 1. The Labute approximate surface area is 112 Å². The van der Waals surface area contributed by atoms with E-state index in [1.807, 2.05) is 0 Å².